The predicted octanol–water partition coefficient (Wildman–Crippen LogP) is -0.467. The smallest absolute Gasteiger partial charge is 0.318 e. The Kier molecular flexibility index (Phi) is 34.0. The number of phenols is 2. The molecule has 12 atom stereocenters. The van der Waals surface area contributed by atoms with Gasteiger partial charge in [0.15, 0.2) is 29.1 Å². The first-order valence-corrected chi connectivity index (χ1v) is 33.5. The molecule has 0 spiro atoms. The van der Waals surface area contributed by atoms with Crippen molar-refractivity contribution in [2.45, 2.75) is 153 Å². The number of hydrogen-bond donors (Lipinski definition) is 15. The van der Waals surface area contributed by atoms with Gasteiger partial charge in [0.2, 0.25) is 47.3 Å². The third-order valence-corrected chi connectivity index (χ3v) is 17.6. The number of rotatable bonds is 45. The van der Waals surface area contributed by atoms with Crippen molar-refractivity contribution in [1.82, 2.24) is 31.5 Å². The van der Waals surface area contributed by atoms with E-state index in [-0.39, 0.29) is 93.6 Å². The minimum Gasteiger partial charge on any atom is -0.508 e. The van der Waals surface area contributed by atoms with Gasteiger partial charge >= 0.3 is 5.97 Å². The Morgan fingerprint density at radius 2 is 1.07 bits per heavy atom. The number of nitrogens with two attached hydrogens (primary N) is 4. The van der Waals surface area contributed by atoms with Crippen LogP contribution in [0.25, 0.3) is 0 Å². The first-order valence-electron chi connectivity index (χ1n) is 33.0. The number of nitrogens with zero attached hydrogens (tertiary/aromatic N) is 2. The van der Waals surface area contributed by atoms with Gasteiger partial charge in [-0.05, 0) is 98.2 Å². The third-order valence-electron chi connectivity index (χ3n) is 17.1. The minimum atomic E-state index is -2.05. The molecule has 100 heavy (non-hydrogen) atoms. The molecule has 1 aliphatic rings. The zero-order valence-electron chi connectivity index (χ0n) is 56.5. The standard InChI is InChI=1S/C69H95N11O19S/c1-37(2)24-38(3)54(86)30-44(28-42-16-20-48(84)21-17-42)64(94)76-50(12-8-22-74-69(72)73)55(87)25-39(4)62(92)77-51(33-58(70)90)56(88)31-45(26-40-10-6-5-7-11-40)65(95)79-59(60(100)68(98)99)57(89)32-46(35-81)67(97)80-23-9-13-53(80)66(96)75-34-49(85)29-43(27-41-14-18-47(83)19-15-41)63(93)78-52(36-82)61(71)91/h5-7,10-11,14-21,37-39,43-46,50-53,59-60,81-84,100H,8-9,12-13,22-36H2,1-4H3,(H2,70,90)(H2,71,91)(H,75,96)(H,76,94)(H,77,92)(H,78,93)(H,79,95)(H,98,99)(H4,72,73,74)/t38-,39+,43+,44+,45+,46-,50-,51-,52-,53-,59+,60+/m0/s1. The van der Waals surface area contributed by atoms with E-state index < -0.39 is 199 Å². The number of aliphatic hydroxyl groups is 2. The fourth-order valence-electron chi connectivity index (χ4n) is 11.6. The molecule has 546 valence electrons. The van der Waals surface area contributed by atoms with Gasteiger partial charge in [-0.3, -0.25) is 72.1 Å². The van der Waals surface area contributed by atoms with Crippen LogP contribution in [0.3, 0.4) is 0 Å². The van der Waals surface area contributed by atoms with Crippen LogP contribution in [0.5, 0.6) is 11.5 Å². The minimum absolute atomic E-state index is 0.0201. The monoisotopic (exact) mass is 1410 g/mol. The molecule has 8 amide bonds. The molecule has 0 bridgehead atoms. The number of amides is 8. The van der Waals surface area contributed by atoms with Gasteiger partial charge in [0.1, 0.15) is 40.7 Å². The summed E-state index contributed by atoms with van der Waals surface area (Å²) < 4.78 is 0. The van der Waals surface area contributed by atoms with E-state index in [0.29, 0.717) is 23.1 Å². The topological polar surface area (TPSA) is 520 Å². The summed E-state index contributed by atoms with van der Waals surface area (Å²) in [5.74, 6) is -19.7. The number of likely N-dealkylation sites (tertiary alicyclic amines) is 1. The van der Waals surface area contributed by atoms with Gasteiger partial charge < -0.3 is 80.0 Å². The van der Waals surface area contributed by atoms with Crippen LogP contribution in [0.15, 0.2) is 83.9 Å². The second-order valence-electron chi connectivity index (χ2n) is 25.8. The summed E-state index contributed by atoms with van der Waals surface area (Å²) in [6, 6.07) is 12.1. The van der Waals surface area contributed by atoms with Gasteiger partial charge in [-0.15, -0.1) is 0 Å². The van der Waals surface area contributed by atoms with Crippen molar-refractivity contribution < 1.29 is 92.7 Å². The predicted molar refractivity (Wildman–Crippen MR) is 367 cm³/mol. The lowest BCUT2D eigenvalue weighted by atomic mass is 9.86. The van der Waals surface area contributed by atoms with Crippen molar-refractivity contribution in [3.05, 3.63) is 95.6 Å². The number of carboxylic acids is 1. The van der Waals surface area contributed by atoms with E-state index >= 15 is 0 Å². The van der Waals surface area contributed by atoms with Crippen LogP contribution in [0.2, 0.25) is 0 Å². The SMILES string of the molecule is CC(C)C[C@H](C)C(=O)C[C@@H](Cc1ccc(O)cc1)C(=O)N[C@@H](CCCN=C(N)N)C(=O)C[C@@H](C)C(=O)N[C@@H](CC(N)=O)C(=O)C[C@@H](Cc1ccccc1)C(=O)N[C@H](C(=O)C[C@@H](CO)C(=O)N1CCC[C@H]1C(=O)NCC(=O)C[C@@H](Cc1ccc(O)cc1)C(=O)N[C@@H](CO)C(N)=O)[C@@H](S)C(=O)O. The molecule has 0 unspecified atom stereocenters. The van der Waals surface area contributed by atoms with E-state index in [4.69, 9.17) is 22.9 Å². The van der Waals surface area contributed by atoms with Crippen molar-refractivity contribution in [1.29, 1.82) is 0 Å². The van der Waals surface area contributed by atoms with Crippen LogP contribution >= 0.6 is 12.6 Å². The molecule has 0 radical (unpaired) electrons. The molecule has 1 saturated heterocycles. The molecule has 3 aromatic rings. The summed E-state index contributed by atoms with van der Waals surface area (Å²) in [4.78, 5) is 196. The van der Waals surface area contributed by atoms with E-state index in [1.54, 1.807) is 49.4 Å². The zero-order valence-corrected chi connectivity index (χ0v) is 57.4. The number of hydrogen-bond acceptors (Lipinski definition) is 20. The molecule has 3 aromatic carbocycles. The van der Waals surface area contributed by atoms with Crippen molar-refractivity contribution in [2.75, 3.05) is 32.8 Å². The van der Waals surface area contributed by atoms with Gasteiger partial charge in [-0.2, -0.15) is 12.6 Å². The largest absolute Gasteiger partial charge is 0.508 e. The maximum atomic E-state index is 14.6. The lowest BCUT2D eigenvalue weighted by Gasteiger charge is -2.29. The Hall–Kier alpha value is -9.62. The molecule has 18 N–H and O–H groups in total. The fourth-order valence-corrected chi connectivity index (χ4v) is 11.9. The lowest BCUT2D eigenvalue weighted by Crippen LogP contribution is -2.54. The van der Waals surface area contributed by atoms with Crippen molar-refractivity contribution in [2.24, 2.45) is 69.4 Å². The molecule has 1 heterocycles. The number of thiol groups is 1. The van der Waals surface area contributed by atoms with Crippen molar-refractivity contribution in [3.63, 3.8) is 0 Å². The van der Waals surface area contributed by atoms with Gasteiger partial charge in [-0.25, -0.2) is 0 Å². The van der Waals surface area contributed by atoms with Crippen LogP contribution in [0.4, 0.5) is 0 Å². The second kappa shape index (κ2) is 41.1. The highest BCUT2D eigenvalue weighted by Gasteiger charge is 2.42. The second-order valence-corrected chi connectivity index (χ2v) is 26.4. The molecule has 1 fully saturated rings. The average molecular weight is 1410 g/mol. The Morgan fingerprint density at radius 1 is 0.570 bits per heavy atom. The molecule has 1 aliphatic heterocycles. The van der Waals surface area contributed by atoms with Crippen LogP contribution in [0, 0.1) is 41.4 Å². The highest BCUT2D eigenvalue weighted by atomic mass is 32.1. The number of aliphatic hydroxyl groups excluding tert-OH is 2. The van der Waals surface area contributed by atoms with E-state index in [0.717, 1.165) is 4.90 Å². The Balaban J connectivity index is 1.52. The number of aromatic hydroxyl groups is 2. The number of phenolic OH excluding ortho intramolecular Hbond substituents is 2. The molecule has 0 aliphatic carbocycles. The van der Waals surface area contributed by atoms with Crippen LogP contribution in [-0.4, -0.2) is 187 Å². The van der Waals surface area contributed by atoms with E-state index in [9.17, 15) is 92.7 Å². The molecule has 0 saturated carbocycles. The summed E-state index contributed by atoms with van der Waals surface area (Å²) in [6.07, 6.45) is -3.02. The van der Waals surface area contributed by atoms with Crippen molar-refractivity contribution in [3.8, 4) is 11.5 Å². The Bertz CT molecular complexity index is 3390. The number of carbonyl (C=O) groups excluding carboxylic acids is 13. The summed E-state index contributed by atoms with van der Waals surface area (Å²) in [7, 11) is 0. The van der Waals surface area contributed by atoms with Gasteiger partial charge in [0, 0.05) is 74.8 Å². The maximum Gasteiger partial charge on any atom is 0.318 e. The Morgan fingerprint density at radius 3 is 1.58 bits per heavy atom. The number of ketones is 5. The average Bonchev–Trinajstić information content (AvgIpc) is 1.57. The highest BCUT2D eigenvalue weighted by molar-refractivity contribution is 7.81. The van der Waals surface area contributed by atoms with Crippen LogP contribution < -0.4 is 49.5 Å². The Labute approximate surface area is 584 Å². The van der Waals surface area contributed by atoms with Gasteiger partial charge in [0.05, 0.1) is 44.2 Å². The van der Waals surface area contributed by atoms with E-state index in [1.807, 2.05) is 13.8 Å². The number of aliphatic carboxylic acids is 1. The highest BCUT2D eigenvalue weighted by Crippen LogP contribution is 2.26. The number of carbonyl (C=O) groups is 14. The number of benzene rings is 3. The summed E-state index contributed by atoms with van der Waals surface area (Å²) in [6.45, 7) is 4.51. The zero-order chi connectivity index (χ0) is 74.5. The quantitative estimate of drug-likeness (QED) is 0.0147. The molecular formula is C69H95N11O19S. The van der Waals surface area contributed by atoms with E-state index in [1.165, 1.54) is 43.3 Å². The summed E-state index contributed by atoms with van der Waals surface area (Å²) in [5, 5.41) is 60.4. The lowest BCUT2D eigenvalue weighted by molar-refractivity contribution is -0.145. The fraction of sp³-hybridized carbons (Fsp3) is 0.522. The summed E-state index contributed by atoms with van der Waals surface area (Å²) in [5.41, 5.74) is 23.5. The number of aliphatic imine (C=N–C) groups is 1. The number of primary amides is 2. The van der Waals surface area contributed by atoms with Gasteiger partial charge in [-0.1, -0.05) is 82.3 Å². The maximum absolute atomic E-state index is 14.6. The van der Waals surface area contributed by atoms with Gasteiger partial charge in [0.25, 0.3) is 0 Å². The first-order chi connectivity index (χ1) is 47.2. The van der Waals surface area contributed by atoms with Crippen LogP contribution in [-0.2, 0) is 86.4 Å². The molecule has 31 heteroatoms. The van der Waals surface area contributed by atoms with Crippen molar-refractivity contribution >= 4 is 101 Å². The first kappa shape index (κ1) is 82.8. The molecule has 4 rings (SSSR count). The summed E-state index contributed by atoms with van der Waals surface area (Å²) >= 11 is 4.12. The third kappa shape index (κ3) is 27.6. The molecule has 30 nitrogen and oxygen atoms in total. The normalized spacial score (nSPS) is 16.0. The number of Topliss-reactive ketones (excluding diaryl/α,β-unsaturated/α-hetero) is 5. The number of nitrogens with one attached hydrogen (secondary N) is 5. The number of guanidine groups is 1. The van der Waals surface area contributed by atoms with E-state index in [2.05, 4.69) is 44.2 Å². The van der Waals surface area contributed by atoms with Crippen LogP contribution in [0.1, 0.15) is 115 Å². The molecular weight excluding hydrogens is 1320 g/mol. The molecule has 0 aromatic heterocycles. The number of carboxylic acid groups (broad SMARTS) is 1.